The maximum absolute atomic E-state index is 13.9. The number of thiazole rings is 3. The second kappa shape index (κ2) is 25.3. The summed E-state index contributed by atoms with van der Waals surface area (Å²) in [6, 6.07) is 23.5. The van der Waals surface area contributed by atoms with Crippen LogP contribution in [0.1, 0.15) is 68.0 Å². The van der Waals surface area contributed by atoms with E-state index in [-0.39, 0.29) is 89.5 Å². The fourth-order valence-corrected chi connectivity index (χ4v) is 8.19. The van der Waals surface area contributed by atoms with Gasteiger partial charge < -0.3 is 31.3 Å². The van der Waals surface area contributed by atoms with Crippen molar-refractivity contribution in [1.29, 1.82) is 15.8 Å². The maximum Gasteiger partial charge on any atom is 0.304 e. The van der Waals surface area contributed by atoms with E-state index in [9.17, 15) is 52.5 Å². The van der Waals surface area contributed by atoms with Gasteiger partial charge in [-0.2, -0.15) is 15.8 Å². The Morgan fingerprint density at radius 3 is 1.25 bits per heavy atom. The van der Waals surface area contributed by atoms with Crippen molar-refractivity contribution >= 4 is 85.0 Å². The number of nitriles is 3. The second-order valence-electron chi connectivity index (χ2n) is 15.6. The molecule has 24 heteroatoms. The number of benzene rings is 3. The number of nitrogens with one attached hydrogen (secondary N) is 3. The first kappa shape index (κ1) is 55.2. The summed E-state index contributed by atoms with van der Waals surface area (Å²) in [5.74, 6) is -7.44. The summed E-state index contributed by atoms with van der Waals surface area (Å²) in [4.78, 5) is 81.0. The van der Waals surface area contributed by atoms with Gasteiger partial charge >= 0.3 is 17.9 Å². The van der Waals surface area contributed by atoms with Crippen LogP contribution in [0.25, 0.3) is 33.8 Å². The minimum absolute atomic E-state index is 0.115. The summed E-state index contributed by atoms with van der Waals surface area (Å²) in [6.07, 6.45) is -0.591. The van der Waals surface area contributed by atoms with Crippen LogP contribution in [0.5, 0.6) is 0 Å². The van der Waals surface area contributed by atoms with Gasteiger partial charge in [-0.25, -0.2) is 28.1 Å². The Balaban J connectivity index is 0.000000231. The van der Waals surface area contributed by atoms with Crippen LogP contribution in [-0.2, 0) is 28.8 Å². The number of aliphatic carboxylic acids is 3. The van der Waals surface area contributed by atoms with Gasteiger partial charge in [0.2, 0.25) is 17.7 Å². The largest absolute Gasteiger partial charge is 0.481 e. The number of hydrogen-bond acceptors (Lipinski definition) is 15. The lowest BCUT2D eigenvalue weighted by atomic mass is 9.88. The first-order valence-electron chi connectivity index (χ1n) is 20.6. The van der Waals surface area contributed by atoms with Gasteiger partial charge in [0.25, 0.3) is 0 Å². The lowest BCUT2D eigenvalue weighted by Gasteiger charge is -2.20. The zero-order chi connectivity index (χ0) is 52.6. The molecule has 71 heavy (non-hydrogen) atoms. The highest BCUT2D eigenvalue weighted by Crippen LogP contribution is 2.35. The molecule has 6 aromatic rings. The molecule has 6 N–H and O–H groups in total. The van der Waals surface area contributed by atoms with Crippen LogP contribution >= 0.6 is 34.0 Å². The molecule has 3 aromatic carbocycles. The predicted octanol–water partition coefficient (Wildman–Crippen LogP) is 9.39. The zero-order valence-electron chi connectivity index (χ0n) is 37.7. The third-order valence-corrected chi connectivity index (χ3v) is 12.3. The van der Waals surface area contributed by atoms with Crippen molar-refractivity contribution in [1.82, 2.24) is 15.0 Å². The Hall–Kier alpha value is -8.37. The molecule has 18 nitrogen and oxygen atoms in total. The van der Waals surface area contributed by atoms with E-state index < -0.39 is 70.3 Å². The Bertz CT molecular complexity index is 3100. The topological polar surface area (TPSA) is 309 Å². The molecule has 0 radical (unpaired) electrons. The molecule has 0 spiro atoms. The van der Waals surface area contributed by atoms with Gasteiger partial charge in [0, 0.05) is 34.9 Å². The van der Waals surface area contributed by atoms with E-state index in [0.717, 1.165) is 34.0 Å². The molecule has 6 rings (SSSR count). The van der Waals surface area contributed by atoms with Gasteiger partial charge in [-0.1, -0.05) is 98.1 Å². The average Bonchev–Trinajstić information content (AvgIpc) is 4.04. The fourth-order valence-electron chi connectivity index (χ4n) is 5.86. The van der Waals surface area contributed by atoms with Crippen LogP contribution in [0.4, 0.5) is 28.6 Å². The molecule has 0 aliphatic carbocycles. The molecule has 0 aliphatic rings. The highest BCUT2D eigenvalue weighted by Gasteiger charge is 2.32. The smallest absolute Gasteiger partial charge is 0.304 e. The summed E-state index contributed by atoms with van der Waals surface area (Å²) in [5.41, 5.74) is -0.167. The van der Waals surface area contributed by atoms with Gasteiger partial charge in [-0.3, -0.25) is 28.8 Å². The number of amides is 3. The summed E-state index contributed by atoms with van der Waals surface area (Å²) in [5, 5.41) is 61.7. The number of rotatable bonds is 16. The van der Waals surface area contributed by atoms with Crippen molar-refractivity contribution in [2.75, 3.05) is 16.0 Å². The van der Waals surface area contributed by atoms with E-state index in [1.54, 1.807) is 25.1 Å². The van der Waals surface area contributed by atoms with E-state index in [4.69, 9.17) is 20.6 Å². The predicted molar refractivity (Wildman–Crippen MR) is 256 cm³/mol. The van der Waals surface area contributed by atoms with Crippen molar-refractivity contribution in [3.05, 3.63) is 105 Å². The average molecular weight is 1030 g/mol. The van der Waals surface area contributed by atoms with Crippen molar-refractivity contribution in [3.63, 3.8) is 0 Å². The van der Waals surface area contributed by atoms with Crippen LogP contribution in [0.2, 0.25) is 0 Å². The van der Waals surface area contributed by atoms with Gasteiger partial charge in [0.1, 0.15) is 67.4 Å². The third-order valence-electron chi connectivity index (χ3n) is 9.63. The molecular weight excluding hydrogens is 988 g/mol. The minimum Gasteiger partial charge on any atom is -0.481 e. The number of nitrogens with zero attached hydrogens (tertiary/aromatic N) is 6. The quantitative estimate of drug-likeness (QED) is 0.0526. The van der Waals surface area contributed by atoms with Crippen LogP contribution in [0.15, 0.2) is 72.8 Å². The monoisotopic (exact) mass is 1030 g/mol. The first-order chi connectivity index (χ1) is 33.6. The number of carbonyl (C=O) groups excluding carboxylic acids is 3. The number of hydrogen-bond donors (Lipinski definition) is 6. The van der Waals surface area contributed by atoms with Gasteiger partial charge in [-0.15, -0.1) is 0 Å². The van der Waals surface area contributed by atoms with E-state index in [0.29, 0.717) is 0 Å². The Morgan fingerprint density at radius 1 is 0.577 bits per heavy atom. The maximum atomic E-state index is 13.9. The van der Waals surface area contributed by atoms with Crippen LogP contribution in [-0.4, -0.2) is 65.9 Å². The number of carboxylic acid groups (broad SMARTS) is 3. The third kappa shape index (κ3) is 15.6. The lowest BCUT2D eigenvalue weighted by molar-refractivity contribution is -0.142. The summed E-state index contributed by atoms with van der Waals surface area (Å²) in [6.45, 7) is 6.06. The molecule has 3 aromatic heterocycles. The van der Waals surface area contributed by atoms with Gasteiger partial charge in [-0.05, 0) is 42.8 Å². The molecule has 0 aliphatic heterocycles. The molecule has 3 amide bonds. The molecule has 0 saturated heterocycles. The Kier molecular flexibility index (Phi) is 19.7. The summed E-state index contributed by atoms with van der Waals surface area (Å²) >= 11 is 2.76. The zero-order valence-corrected chi connectivity index (χ0v) is 40.2. The Labute approximate surface area is 414 Å². The molecule has 366 valence electrons. The highest BCUT2D eigenvalue weighted by molar-refractivity contribution is 7.17. The van der Waals surface area contributed by atoms with E-state index in [1.165, 1.54) is 75.4 Å². The fraction of sp³-hybridized carbons (Fsp3) is 0.234. The first-order valence-corrected chi connectivity index (χ1v) is 23.1. The van der Waals surface area contributed by atoms with Crippen molar-refractivity contribution in [3.8, 4) is 52.0 Å². The van der Waals surface area contributed by atoms with Gasteiger partial charge in [0.05, 0.1) is 18.3 Å². The van der Waals surface area contributed by atoms with Crippen LogP contribution < -0.4 is 16.0 Å². The molecule has 2 unspecified atom stereocenters. The van der Waals surface area contributed by atoms with E-state index >= 15 is 0 Å². The summed E-state index contributed by atoms with van der Waals surface area (Å²) < 4.78 is 41.6. The van der Waals surface area contributed by atoms with Crippen molar-refractivity contribution in [2.24, 2.45) is 17.3 Å². The van der Waals surface area contributed by atoms with E-state index in [1.807, 2.05) is 18.2 Å². The number of carboxylic acids is 3. The van der Waals surface area contributed by atoms with E-state index in [2.05, 4.69) is 30.9 Å². The standard InChI is InChI=1S/2C16H14FN3O3S.C15H12FN3O3S/c1-16(2,7-12(21)22)14(23)20-15-19-13(11(8-18)24-15)9-5-3-4-6-10(9)17;1-9(6-7-13(21)22)15(23)20-16-19-14(12(8-18)24-16)10-4-2-3-5-11(10)17;1-8(6-12(20)21)14(22)19-15-18-13(11(7-17)23-15)9-4-2-3-5-10(9)16/h3-6H,7H2,1-2H3,(H,21,22)(H,19,20,23);2-5,9H,6-7H2,1H3,(H,21,22)(H,19,20,23);2-5,8H,6H2,1H3,(H,20,21)(H,18,19,22). The minimum atomic E-state index is -1.15. The van der Waals surface area contributed by atoms with Crippen LogP contribution in [0, 0.1) is 68.7 Å². The summed E-state index contributed by atoms with van der Waals surface area (Å²) in [7, 11) is 0. The van der Waals surface area contributed by atoms with Gasteiger partial charge in [0.15, 0.2) is 15.4 Å². The molecule has 0 bridgehead atoms. The number of carbonyl (C=O) groups is 6. The molecule has 3 heterocycles. The van der Waals surface area contributed by atoms with Crippen molar-refractivity contribution < 1.29 is 57.3 Å². The highest BCUT2D eigenvalue weighted by atomic mass is 32.1. The molecule has 0 saturated carbocycles. The number of aromatic nitrogens is 3. The second-order valence-corrected chi connectivity index (χ2v) is 18.6. The molecule has 2 atom stereocenters. The number of halogens is 3. The SMILES string of the molecule is CC(C)(CC(=O)O)C(=O)Nc1nc(-c2ccccc2F)c(C#N)s1.CC(CC(=O)O)C(=O)Nc1nc(-c2ccccc2F)c(C#N)s1.CC(CCC(=O)O)C(=O)Nc1nc(-c2ccccc2F)c(C#N)s1. The molecule has 0 fully saturated rings. The Morgan fingerprint density at radius 2 is 0.930 bits per heavy atom. The van der Waals surface area contributed by atoms with Crippen LogP contribution in [0.3, 0.4) is 0 Å². The lowest BCUT2D eigenvalue weighted by Crippen LogP contribution is -2.32. The number of anilines is 3. The molecular formula is C47H40F3N9O9S3. The van der Waals surface area contributed by atoms with Crippen molar-refractivity contribution in [2.45, 2.75) is 53.4 Å². The normalized spacial score (nSPS) is 11.3.